The standard InChI is InChI=1S/C16H24N4O3/c1-16(2,3)23-15(22)20-8-7-13(10-20)18-11-5-4-6-12(9-11)19-14(17)21/h4-6,9,13,18H,7-8,10H2,1-3H3,(H3,17,19,21). The number of hydrogen-bond acceptors (Lipinski definition) is 4. The Labute approximate surface area is 136 Å². The van der Waals surface area contributed by atoms with Crippen LogP contribution in [0.3, 0.4) is 0 Å². The molecule has 126 valence electrons. The lowest BCUT2D eigenvalue weighted by Gasteiger charge is -2.24. The van der Waals surface area contributed by atoms with E-state index in [0.717, 1.165) is 12.1 Å². The molecule has 0 aromatic heterocycles. The molecule has 1 atom stereocenters. The SMILES string of the molecule is CC(C)(C)OC(=O)N1CCC(Nc2cccc(NC(N)=O)c2)C1. The topological polar surface area (TPSA) is 96.7 Å². The van der Waals surface area contributed by atoms with Crippen molar-refractivity contribution in [3.05, 3.63) is 24.3 Å². The van der Waals surface area contributed by atoms with E-state index in [-0.39, 0.29) is 12.1 Å². The summed E-state index contributed by atoms with van der Waals surface area (Å²) in [6, 6.07) is 6.85. The number of nitrogens with one attached hydrogen (secondary N) is 2. The van der Waals surface area contributed by atoms with Crippen molar-refractivity contribution < 1.29 is 14.3 Å². The molecule has 1 saturated heterocycles. The van der Waals surface area contributed by atoms with Crippen LogP contribution in [0.2, 0.25) is 0 Å². The van der Waals surface area contributed by atoms with Gasteiger partial charge in [0.2, 0.25) is 0 Å². The first-order valence-electron chi connectivity index (χ1n) is 7.64. The second-order valence-corrected chi connectivity index (χ2v) is 6.63. The van der Waals surface area contributed by atoms with Crippen molar-refractivity contribution in [3.8, 4) is 0 Å². The van der Waals surface area contributed by atoms with Gasteiger partial charge in [-0.05, 0) is 45.4 Å². The van der Waals surface area contributed by atoms with Crippen LogP contribution in [0.1, 0.15) is 27.2 Å². The minimum atomic E-state index is -0.598. The van der Waals surface area contributed by atoms with Gasteiger partial charge in [0.25, 0.3) is 0 Å². The second kappa shape index (κ2) is 6.76. The zero-order valence-electron chi connectivity index (χ0n) is 13.8. The quantitative estimate of drug-likeness (QED) is 0.797. The third-order valence-electron chi connectivity index (χ3n) is 3.34. The van der Waals surface area contributed by atoms with Crippen molar-refractivity contribution in [2.45, 2.75) is 38.8 Å². The molecule has 1 aliphatic heterocycles. The van der Waals surface area contributed by atoms with Gasteiger partial charge in [0.1, 0.15) is 5.60 Å². The molecule has 0 radical (unpaired) electrons. The first-order chi connectivity index (χ1) is 10.7. The summed E-state index contributed by atoms with van der Waals surface area (Å²) in [5.41, 5.74) is 6.12. The Hall–Kier alpha value is -2.44. The summed E-state index contributed by atoms with van der Waals surface area (Å²) < 4.78 is 5.38. The number of benzene rings is 1. The molecule has 1 aliphatic rings. The average molecular weight is 320 g/mol. The monoisotopic (exact) mass is 320 g/mol. The van der Waals surface area contributed by atoms with E-state index < -0.39 is 11.6 Å². The Kier molecular flexibility index (Phi) is 4.98. The molecular formula is C16H24N4O3. The lowest BCUT2D eigenvalue weighted by Crippen LogP contribution is -2.36. The maximum atomic E-state index is 12.0. The normalized spacial score (nSPS) is 17.7. The Morgan fingerprint density at radius 1 is 1.30 bits per heavy atom. The van der Waals surface area contributed by atoms with Crippen molar-refractivity contribution in [2.24, 2.45) is 5.73 Å². The van der Waals surface area contributed by atoms with E-state index in [1.807, 2.05) is 32.9 Å². The van der Waals surface area contributed by atoms with Crippen molar-refractivity contribution >= 4 is 23.5 Å². The van der Waals surface area contributed by atoms with E-state index in [9.17, 15) is 9.59 Å². The number of amides is 3. The molecule has 7 nitrogen and oxygen atoms in total. The fraction of sp³-hybridized carbons (Fsp3) is 0.500. The Morgan fingerprint density at radius 2 is 2.00 bits per heavy atom. The number of carbonyl (C=O) groups is 2. The van der Waals surface area contributed by atoms with Crippen LogP contribution in [0, 0.1) is 0 Å². The predicted molar refractivity (Wildman–Crippen MR) is 89.5 cm³/mol. The highest BCUT2D eigenvalue weighted by Gasteiger charge is 2.29. The molecule has 0 saturated carbocycles. The molecule has 1 fully saturated rings. The second-order valence-electron chi connectivity index (χ2n) is 6.63. The third kappa shape index (κ3) is 5.36. The van der Waals surface area contributed by atoms with Crippen LogP contribution in [-0.2, 0) is 4.74 Å². The fourth-order valence-electron chi connectivity index (χ4n) is 2.44. The van der Waals surface area contributed by atoms with Gasteiger partial charge in [-0.2, -0.15) is 0 Å². The molecule has 3 amide bonds. The van der Waals surface area contributed by atoms with E-state index in [1.54, 1.807) is 17.0 Å². The number of likely N-dealkylation sites (tertiary alicyclic amines) is 1. The van der Waals surface area contributed by atoms with E-state index in [0.29, 0.717) is 18.8 Å². The van der Waals surface area contributed by atoms with E-state index in [1.165, 1.54) is 0 Å². The number of rotatable bonds is 3. The molecule has 2 rings (SSSR count). The highest BCUT2D eigenvalue weighted by molar-refractivity contribution is 5.88. The van der Waals surface area contributed by atoms with Gasteiger partial charge in [-0.3, -0.25) is 0 Å². The minimum absolute atomic E-state index is 0.145. The number of carbonyl (C=O) groups excluding carboxylic acids is 2. The van der Waals surface area contributed by atoms with Crippen LogP contribution in [0.5, 0.6) is 0 Å². The molecule has 1 aromatic rings. The number of hydrogen-bond donors (Lipinski definition) is 3. The zero-order valence-corrected chi connectivity index (χ0v) is 13.8. The molecule has 1 aromatic carbocycles. The van der Waals surface area contributed by atoms with Crippen molar-refractivity contribution in [1.82, 2.24) is 4.90 Å². The summed E-state index contributed by atoms with van der Waals surface area (Å²) in [5, 5.41) is 5.90. The number of ether oxygens (including phenoxy) is 1. The number of primary amides is 1. The fourth-order valence-corrected chi connectivity index (χ4v) is 2.44. The van der Waals surface area contributed by atoms with Crippen LogP contribution in [0.4, 0.5) is 21.0 Å². The van der Waals surface area contributed by atoms with Crippen LogP contribution >= 0.6 is 0 Å². The number of nitrogens with two attached hydrogens (primary N) is 1. The maximum absolute atomic E-state index is 12.0. The summed E-state index contributed by atoms with van der Waals surface area (Å²) >= 11 is 0. The zero-order chi connectivity index (χ0) is 17.0. The molecule has 0 bridgehead atoms. The first kappa shape index (κ1) is 16.9. The molecule has 1 heterocycles. The molecule has 0 spiro atoms. The van der Waals surface area contributed by atoms with Gasteiger partial charge in [-0.25, -0.2) is 9.59 Å². The molecule has 0 aliphatic carbocycles. The summed E-state index contributed by atoms with van der Waals surface area (Å²) in [6.45, 7) is 6.81. The molecule has 1 unspecified atom stereocenters. The van der Waals surface area contributed by atoms with E-state index in [4.69, 9.17) is 10.5 Å². The lowest BCUT2D eigenvalue weighted by molar-refractivity contribution is 0.0293. The van der Waals surface area contributed by atoms with Gasteiger partial charge in [0.05, 0.1) is 0 Å². The summed E-state index contributed by atoms with van der Waals surface area (Å²) in [7, 11) is 0. The van der Waals surface area contributed by atoms with Gasteiger partial charge in [-0.1, -0.05) is 6.07 Å². The molecule has 23 heavy (non-hydrogen) atoms. The summed E-state index contributed by atoms with van der Waals surface area (Å²) in [4.78, 5) is 24.6. The summed E-state index contributed by atoms with van der Waals surface area (Å²) in [5.74, 6) is 0. The Bertz CT molecular complexity index is 583. The van der Waals surface area contributed by atoms with Crippen LogP contribution in [-0.4, -0.2) is 41.8 Å². The minimum Gasteiger partial charge on any atom is -0.444 e. The molecular weight excluding hydrogens is 296 g/mol. The maximum Gasteiger partial charge on any atom is 0.410 e. The molecule has 4 N–H and O–H groups in total. The van der Waals surface area contributed by atoms with Gasteiger partial charge < -0.3 is 26.0 Å². The van der Waals surface area contributed by atoms with E-state index in [2.05, 4.69) is 10.6 Å². The largest absolute Gasteiger partial charge is 0.444 e. The predicted octanol–water partition coefficient (Wildman–Crippen LogP) is 2.60. The summed E-state index contributed by atoms with van der Waals surface area (Å²) in [6.07, 6.45) is 0.554. The number of urea groups is 1. The van der Waals surface area contributed by atoms with Crippen LogP contribution < -0.4 is 16.4 Å². The van der Waals surface area contributed by atoms with Crippen LogP contribution in [0.25, 0.3) is 0 Å². The van der Waals surface area contributed by atoms with Crippen molar-refractivity contribution in [2.75, 3.05) is 23.7 Å². The highest BCUT2D eigenvalue weighted by atomic mass is 16.6. The Balaban J connectivity index is 1.90. The van der Waals surface area contributed by atoms with Gasteiger partial charge in [0.15, 0.2) is 0 Å². The van der Waals surface area contributed by atoms with Crippen LogP contribution in [0.15, 0.2) is 24.3 Å². The van der Waals surface area contributed by atoms with Crippen molar-refractivity contribution in [3.63, 3.8) is 0 Å². The Morgan fingerprint density at radius 3 is 2.65 bits per heavy atom. The van der Waals surface area contributed by atoms with Crippen molar-refractivity contribution in [1.29, 1.82) is 0 Å². The number of nitrogens with zero attached hydrogens (tertiary/aromatic N) is 1. The number of anilines is 2. The first-order valence-corrected chi connectivity index (χ1v) is 7.64. The lowest BCUT2D eigenvalue weighted by atomic mass is 10.2. The highest BCUT2D eigenvalue weighted by Crippen LogP contribution is 2.20. The average Bonchev–Trinajstić information content (AvgIpc) is 2.85. The smallest absolute Gasteiger partial charge is 0.410 e. The third-order valence-corrected chi connectivity index (χ3v) is 3.34. The molecule has 7 heteroatoms. The van der Waals surface area contributed by atoms with Gasteiger partial charge >= 0.3 is 12.1 Å². The van der Waals surface area contributed by atoms with Gasteiger partial charge in [-0.15, -0.1) is 0 Å². The van der Waals surface area contributed by atoms with E-state index >= 15 is 0 Å². The van der Waals surface area contributed by atoms with Gasteiger partial charge in [0, 0.05) is 30.5 Å².